The smallest absolute Gasteiger partial charge is 0.142 e. The van der Waals surface area contributed by atoms with E-state index in [2.05, 4.69) is 39.1 Å². The first-order valence-electron chi connectivity index (χ1n) is 7.46. The first-order chi connectivity index (χ1) is 9.62. The zero-order chi connectivity index (χ0) is 14.2. The Bertz CT molecular complexity index is 489. The highest BCUT2D eigenvalue weighted by Gasteiger charge is 2.43. The van der Waals surface area contributed by atoms with Gasteiger partial charge in [0, 0.05) is 23.1 Å². The molecule has 1 N–H and O–H groups in total. The molecule has 1 aromatic carbocycles. The van der Waals surface area contributed by atoms with Crippen molar-refractivity contribution in [2.24, 2.45) is 5.92 Å². The lowest BCUT2D eigenvalue weighted by Crippen LogP contribution is -2.51. The molecule has 1 heterocycles. The lowest BCUT2D eigenvalue weighted by Gasteiger charge is -2.35. The summed E-state index contributed by atoms with van der Waals surface area (Å²) in [6, 6.07) is 6.27. The summed E-state index contributed by atoms with van der Waals surface area (Å²) < 4.78 is 6.67. The van der Waals surface area contributed by atoms with Crippen LogP contribution in [0.2, 0.25) is 0 Å². The van der Waals surface area contributed by atoms with Crippen LogP contribution >= 0.6 is 15.9 Å². The second-order valence-electron chi connectivity index (χ2n) is 6.21. The van der Waals surface area contributed by atoms with Gasteiger partial charge in [-0.1, -0.05) is 15.9 Å². The van der Waals surface area contributed by atoms with Gasteiger partial charge in [-0.3, -0.25) is 0 Å². The molecule has 0 amide bonds. The summed E-state index contributed by atoms with van der Waals surface area (Å²) >= 11 is 3.58. The van der Waals surface area contributed by atoms with Gasteiger partial charge in [-0.25, -0.2) is 0 Å². The molecule has 1 aromatic rings. The van der Waals surface area contributed by atoms with E-state index in [0.717, 1.165) is 35.8 Å². The molecule has 2 aliphatic rings. The number of methoxy groups -OCH3 is 1. The van der Waals surface area contributed by atoms with E-state index in [1.165, 1.54) is 24.9 Å². The minimum absolute atomic E-state index is 0.240. The molecule has 0 radical (unpaired) electrons. The Morgan fingerprint density at radius 3 is 2.90 bits per heavy atom. The quantitative estimate of drug-likeness (QED) is 0.913. The molecule has 0 bridgehead atoms. The maximum Gasteiger partial charge on any atom is 0.142 e. The molecule has 4 heteroatoms. The number of hydrogen-bond acceptors (Lipinski definition) is 3. The van der Waals surface area contributed by atoms with Crippen molar-refractivity contribution >= 4 is 21.6 Å². The van der Waals surface area contributed by atoms with Crippen molar-refractivity contribution in [3.63, 3.8) is 0 Å². The summed E-state index contributed by atoms with van der Waals surface area (Å²) in [6.45, 7) is 5.64. The van der Waals surface area contributed by atoms with Gasteiger partial charge >= 0.3 is 0 Å². The van der Waals surface area contributed by atoms with Gasteiger partial charge in [-0.2, -0.15) is 0 Å². The predicted octanol–water partition coefficient (Wildman–Crippen LogP) is 3.43. The number of anilines is 1. The number of nitrogens with zero attached hydrogens (tertiary/aromatic N) is 1. The molecule has 0 aromatic heterocycles. The van der Waals surface area contributed by atoms with E-state index in [9.17, 15) is 0 Å². The fraction of sp³-hybridized carbons (Fsp3) is 0.625. The summed E-state index contributed by atoms with van der Waals surface area (Å²) in [5, 5.41) is 3.78. The van der Waals surface area contributed by atoms with Gasteiger partial charge in [0.25, 0.3) is 0 Å². The Hall–Kier alpha value is -0.740. The Kier molecular flexibility index (Phi) is 3.95. The Labute approximate surface area is 129 Å². The average Bonchev–Trinajstić information content (AvgIpc) is 3.26. The van der Waals surface area contributed by atoms with Gasteiger partial charge in [0.05, 0.1) is 12.8 Å². The fourth-order valence-corrected chi connectivity index (χ4v) is 3.63. The molecule has 1 atom stereocenters. The number of ether oxygens (including phenoxy) is 1. The fourth-order valence-electron chi connectivity index (χ4n) is 3.29. The van der Waals surface area contributed by atoms with Crippen LogP contribution < -0.4 is 15.0 Å². The molecule has 20 heavy (non-hydrogen) atoms. The van der Waals surface area contributed by atoms with E-state index in [1.807, 2.05) is 12.1 Å². The normalized spacial score (nSPS) is 27.2. The summed E-state index contributed by atoms with van der Waals surface area (Å²) in [4.78, 5) is 2.49. The largest absolute Gasteiger partial charge is 0.495 e. The number of hydrogen-bond donors (Lipinski definition) is 1. The van der Waals surface area contributed by atoms with Crippen LogP contribution in [0.5, 0.6) is 5.75 Å². The van der Waals surface area contributed by atoms with Crippen LogP contribution in [-0.2, 0) is 0 Å². The molecule has 0 spiro atoms. The summed E-state index contributed by atoms with van der Waals surface area (Å²) in [5.41, 5.74) is 1.45. The van der Waals surface area contributed by atoms with Gasteiger partial charge in [-0.05, 0) is 56.8 Å². The Balaban J connectivity index is 1.89. The van der Waals surface area contributed by atoms with Crippen LogP contribution in [0.1, 0.15) is 26.2 Å². The van der Waals surface area contributed by atoms with Crippen LogP contribution in [0.25, 0.3) is 0 Å². The molecule has 3 nitrogen and oxygen atoms in total. The maximum absolute atomic E-state index is 5.56. The van der Waals surface area contributed by atoms with Crippen molar-refractivity contribution < 1.29 is 4.74 Å². The Morgan fingerprint density at radius 2 is 2.20 bits per heavy atom. The van der Waals surface area contributed by atoms with Gasteiger partial charge in [0.15, 0.2) is 0 Å². The Morgan fingerprint density at radius 1 is 1.40 bits per heavy atom. The lowest BCUT2D eigenvalue weighted by atomic mass is 9.95. The van der Waals surface area contributed by atoms with E-state index in [0.29, 0.717) is 0 Å². The van der Waals surface area contributed by atoms with Gasteiger partial charge in [0.1, 0.15) is 5.75 Å². The highest BCUT2D eigenvalue weighted by molar-refractivity contribution is 9.10. The molecule has 1 unspecified atom stereocenters. The first-order valence-corrected chi connectivity index (χ1v) is 8.25. The van der Waals surface area contributed by atoms with E-state index >= 15 is 0 Å². The van der Waals surface area contributed by atoms with Crippen LogP contribution in [0.4, 0.5) is 5.69 Å². The standard InChI is InChI=1S/C16H23BrN2O/c1-16(12-4-5-12)11-19(9-3-8-18-16)14-10-13(17)6-7-15(14)20-2/h6-7,10,12,18H,3-5,8-9,11H2,1-2H3. The topological polar surface area (TPSA) is 24.5 Å². The monoisotopic (exact) mass is 338 g/mol. The molecule has 1 aliphatic heterocycles. The molecule has 1 saturated carbocycles. The van der Waals surface area contributed by atoms with Gasteiger partial charge in [-0.15, -0.1) is 0 Å². The van der Waals surface area contributed by atoms with Crippen molar-refractivity contribution in [2.75, 3.05) is 31.6 Å². The molecule has 2 fully saturated rings. The maximum atomic E-state index is 5.56. The average molecular weight is 339 g/mol. The van der Waals surface area contributed by atoms with E-state index in [4.69, 9.17) is 4.74 Å². The third-order valence-corrected chi connectivity index (χ3v) is 5.11. The number of nitrogens with one attached hydrogen (secondary N) is 1. The third-order valence-electron chi connectivity index (χ3n) is 4.61. The zero-order valence-electron chi connectivity index (χ0n) is 12.3. The minimum Gasteiger partial charge on any atom is -0.495 e. The predicted molar refractivity (Wildman–Crippen MR) is 86.7 cm³/mol. The second-order valence-corrected chi connectivity index (χ2v) is 7.13. The summed E-state index contributed by atoms with van der Waals surface area (Å²) in [7, 11) is 1.75. The number of benzene rings is 1. The van der Waals surface area contributed by atoms with Gasteiger partial charge < -0.3 is 15.0 Å². The summed E-state index contributed by atoms with van der Waals surface area (Å²) in [6.07, 6.45) is 3.91. The third kappa shape index (κ3) is 2.82. The van der Waals surface area contributed by atoms with Crippen molar-refractivity contribution in [2.45, 2.75) is 31.7 Å². The van der Waals surface area contributed by atoms with Crippen LogP contribution in [0, 0.1) is 5.92 Å². The summed E-state index contributed by atoms with van der Waals surface area (Å²) in [5.74, 6) is 1.80. The van der Waals surface area contributed by atoms with Crippen LogP contribution in [0.15, 0.2) is 22.7 Å². The first kappa shape index (κ1) is 14.2. The van der Waals surface area contributed by atoms with Crippen molar-refractivity contribution in [1.82, 2.24) is 5.32 Å². The highest BCUT2D eigenvalue weighted by atomic mass is 79.9. The van der Waals surface area contributed by atoms with Crippen molar-refractivity contribution in [3.05, 3.63) is 22.7 Å². The second kappa shape index (κ2) is 5.57. The van der Waals surface area contributed by atoms with Crippen LogP contribution in [0.3, 0.4) is 0 Å². The van der Waals surface area contributed by atoms with Crippen molar-refractivity contribution in [1.29, 1.82) is 0 Å². The number of rotatable bonds is 3. The van der Waals surface area contributed by atoms with E-state index in [-0.39, 0.29) is 5.54 Å². The highest BCUT2D eigenvalue weighted by Crippen LogP contribution is 2.42. The minimum atomic E-state index is 0.240. The molecule has 110 valence electrons. The van der Waals surface area contributed by atoms with E-state index in [1.54, 1.807) is 7.11 Å². The van der Waals surface area contributed by atoms with Gasteiger partial charge in [0.2, 0.25) is 0 Å². The van der Waals surface area contributed by atoms with Crippen LogP contribution in [-0.4, -0.2) is 32.3 Å². The molecular weight excluding hydrogens is 316 g/mol. The SMILES string of the molecule is COc1ccc(Br)cc1N1CCCNC(C)(C2CC2)C1. The zero-order valence-corrected chi connectivity index (χ0v) is 13.9. The number of halogens is 1. The van der Waals surface area contributed by atoms with Crippen molar-refractivity contribution in [3.8, 4) is 5.75 Å². The molecule has 3 rings (SSSR count). The lowest BCUT2D eigenvalue weighted by molar-refractivity contribution is 0.330. The molecule has 1 aliphatic carbocycles. The molecular formula is C16H23BrN2O. The van der Waals surface area contributed by atoms with E-state index < -0.39 is 0 Å². The molecule has 1 saturated heterocycles.